The van der Waals surface area contributed by atoms with Crippen molar-refractivity contribution in [3.8, 4) is 0 Å². The number of hydrogen-bond donors (Lipinski definition) is 2. The number of hydrazine groups is 1. The highest BCUT2D eigenvalue weighted by molar-refractivity contribution is 5.98. The van der Waals surface area contributed by atoms with Crippen molar-refractivity contribution in [3.63, 3.8) is 0 Å². The van der Waals surface area contributed by atoms with E-state index in [0.29, 0.717) is 11.3 Å². The third-order valence-electron chi connectivity index (χ3n) is 1.53. The monoisotopic (exact) mass is 179 g/mol. The molecule has 0 spiro atoms. The van der Waals surface area contributed by atoms with E-state index in [1.165, 1.54) is 0 Å². The van der Waals surface area contributed by atoms with Crippen molar-refractivity contribution in [2.45, 2.75) is 0 Å². The van der Waals surface area contributed by atoms with E-state index in [1.807, 2.05) is 0 Å². The third-order valence-corrected chi connectivity index (χ3v) is 1.53. The Morgan fingerprint density at radius 1 is 1.38 bits per heavy atom. The summed E-state index contributed by atoms with van der Waals surface area (Å²) in [5.74, 6) is -0.192. The Kier molecular flexibility index (Phi) is 2.87. The highest BCUT2D eigenvalue weighted by Crippen LogP contribution is 2.09. The minimum absolute atomic E-state index is 0.192. The molecule has 13 heavy (non-hydrogen) atoms. The summed E-state index contributed by atoms with van der Waals surface area (Å²) in [5, 5.41) is 1.58. The molecule has 1 aromatic carbocycles. The lowest BCUT2D eigenvalue weighted by Gasteiger charge is -2.12. The first-order valence-electron chi connectivity index (χ1n) is 3.94. The number of benzene rings is 1. The average molecular weight is 179 g/mol. The fourth-order valence-electron chi connectivity index (χ4n) is 0.967. The minimum Gasteiger partial charge on any atom is -0.398 e. The fourth-order valence-corrected chi connectivity index (χ4v) is 0.967. The zero-order valence-electron chi connectivity index (χ0n) is 7.74. The molecule has 0 unspecified atom stereocenters. The summed E-state index contributed by atoms with van der Waals surface area (Å²) in [6.45, 7) is 0. The molecule has 0 atom stereocenters. The van der Waals surface area contributed by atoms with Crippen LogP contribution in [0.4, 0.5) is 5.69 Å². The largest absolute Gasteiger partial charge is 0.398 e. The normalized spacial score (nSPS) is 10.1. The molecule has 0 fully saturated rings. The maximum atomic E-state index is 11.4. The number of hydrogen-bond acceptors (Lipinski definition) is 3. The number of rotatable bonds is 2. The van der Waals surface area contributed by atoms with E-state index in [2.05, 4.69) is 5.43 Å². The van der Waals surface area contributed by atoms with Crippen LogP contribution in [0.1, 0.15) is 10.4 Å². The van der Waals surface area contributed by atoms with Crippen LogP contribution in [0.3, 0.4) is 0 Å². The van der Waals surface area contributed by atoms with Crippen LogP contribution < -0.4 is 11.2 Å². The molecular formula is C9H13N3O. The summed E-state index contributed by atoms with van der Waals surface area (Å²) in [6, 6.07) is 6.96. The molecule has 0 aliphatic carbocycles. The molecule has 3 N–H and O–H groups in total. The predicted molar refractivity (Wildman–Crippen MR) is 52.0 cm³/mol. The molecule has 0 aliphatic heterocycles. The molecule has 1 amide bonds. The zero-order chi connectivity index (χ0) is 9.84. The number of amides is 1. The van der Waals surface area contributed by atoms with Gasteiger partial charge in [0.1, 0.15) is 0 Å². The van der Waals surface area contributed by atoms with Crippen LogP contribution in [0.25, 0.3) is 0 Å². The molecule has 4 heteroatoms. The van der Waals surface area contributed by atoms with Gasteiger partial charge in [0.05, 0.1) is 5.56 Å². The summed E-state index contributed by atoms with van der Waals surface area (Å²) in [4.78, 5) is 11.4. The van der Waals surface area contributed by atoms with Crippen LogP contribution in [0.15, 0.2) is 24.3 Å². The minimum atomic E-state index is -0.192. The van der Waals surface area contributed by atoms with Crippen molar-refractivity contribution in [1.29, 1.82) is 0 Å². The molecule has 0 radical (unpaired) electrons. The van der Waals surface area contributed by atoms with Gasteiger partial charge in [0, 0.05) is 19.8 Å². The van der Waals surface area contributed by atoms with Gasteiger partial charge >= 0.3 is 0 Å². The number of para-hydroxylation sites is 1. The Morgan fingerprint density at radius 3 is 2.54 bits per heavy atom. The molecular weight excluding hydrogens is 166 g/mol. The Balaban J connectivity index is 2.83. The van der Waals surface area contributed by atoms with Crippen molar-refractivity contribution < 1.29 is 4.79 Å². The molecule has 0 saturated heterocycles. The Bertz CT molecular complexity index is 309. The van der Waals surface area contributed by atoms with Crippen LogP contribution in [-0.2, 0) is 0 Å². The van der Waals surface area contributed by atoms with Crippen molar-refractivity contribution in [2.24, 2.45) is 0 Å². The number of nitrogens with zero attached hydrogens (tertiary/aromatic N) is 1. The smallest absolute Gasteiger partial charge is 0.267 e. The molecule has 4 nitrogen and oxygen atoms in total. The van der Waals surface area contributed by atoms with Gasteiger partial charge < -0.3 is 5.73 Å². The van der Waals surface area contributed by atoms with E-state index in [-0.39, 0.29) is 5.91 Å². The van der Waals surface area contributed by atoms with E-state index in [9.17, 15) is 4.79 Å². The number of nitrogens with one attached hydrogen (secondary N) is 1. The lowest BCUT2D eigenvalue weighted by atomic mass is 10.2. The van der Waals surface area contributed by atoms with Crippen LogP contribution in [0.5, 0.6) is 0 Å². The topological polar surface area (TPSA) is 58.4 Å². The van der Waals surface area contributed by atoms with Gasteiger partial charge in [0.2, 0.25) is 0 Å². The van der Waals surface area contributed by atoms with Crippen molar-refractivity contribution in [2.75, 3.05) is 19.8 Å². The number of nitrogens with two attached hydrogens (primary N) is 1. The third kappa shape index (κ3) is 2.45. The standard InChI is InChI=1S/C9H13N3O/c1-12(2)11-9(13)7-5-3-4-6-8(7)10/h3-6H,10H2,1-2H3,(H,11,13). The molecule has 1 aromatic rings. The first-order valence-corrected chi connectivity index (χ1v) is 3.94. The number of nitrogen functional groups attached to an aromatic ring is 1. The van der Waals surface area contributed by atoms with Gasteiger partial charge in [0.15, 0.2) is 0 Å². The average Bonchev–Trinajstić information content (AvgIpc) is 2.03. The summed E-state index contributed by atoms with van der Waals surface area (Å²) < 4.78 is 0. The Hall–Kier alpha value is -1.55. The summed E-state index contributed by atoms with van der Waals surface area (Å²) in [7, 11) is 3.49. The van der Waals surface area contributed by atoms with Crippen LogP contribution in [0.2, 0.25) is 0 Å². The molecule has 70 valence electrons. The van der Waals surface area contributed by atoms with E-state index >= 15 is 0 Å². The summed E-state index contributed by atoms with van der Waals surface area (Å²) >= 11 is 0. The maximum Gasteiger partial charge on any atom is 0.267 e. The molecule has 0 bridgehead atoms. The SMILES string of the molecule is CN(C)NC(=O)c1ccccc1N. The molecule has 1 rings (SSSR count). The highest BCUT2D eigenvalue weighted by Gasteiger charge is 2.08. The second-order valence-corrected chi connectivity index (χ2v) is 2.92. The van der Waals surface area contributed by atoms with Crippen LogP contribution in [0, 0.1) is 0 Å². The molecule has 0 heterocycles. The first-order chi connectivity index (χ1) is 6.11. The zero-order valence-corrected chi connectivity index (χ0v) is 7.74. The van der Waals surface area contributed by atoms with E-state index in [4.69, 9.17) is 5.73 Å². The van der Waals surface area contributed by atoms with Gasteiger partial charge in [0.25, 0.3) is 5.91 Å². The maximum absolute atomic E-state index is 11.4. The summed E-state index contributed by atoms with van der Waals surface area (Å²) in [6.07, 6.45) is 0. The fraction of sp³-hybridized carbons (Fsp3) is 0.222. The second kappa shape index (κ2) is 3.91. The van der Waals surface area contributed by atoms with Gasteiger partial charge in [-0.15, -0.1) is 0 Å². The Morgan fingerprint density at radius 2 is 2.00 bits per heavy atom. The van der Waals surface area contributed by atoms with Crippen molar-refractivity contribution >= 4 is 11.6 Å². The van der Waals surface area contributed by atoms with Gasteiger partial charge in [-0.3, -0.25) is 10.2 Å². The number of carbonyl (C=O) groups excluding carboxylic acids is 1. The van der Waals surface area contributed by atoms with Crippen LogP contribution in [-0.4, -0.2) is 25.0 Å². The van der Waals surface area contributed by atoms with Gasteiger partial charge in [-0.1, -0.05) is 12.1 Å². The molecule has 0 aromatic heterocycles. The quantitative estimate of drug-likeness (QED) is 0.512. The molecule has 0 saturated carbocycles. The number of anilines is 1. The lowest BCUT2D eigenvalue weighted by Crippen LogP contribution is -2.36. The Labute approximate surface area is 77.3 Å². The number of carbonyl (C=O) groups is 1. The van der Waals surface area contributed by atoms with Gasteiger partial charge in [-0.25, -0.2) is 5.01 Å². The van der Waals surface area contributed by atoms with E-state index in [1.54, 1.807) is 43.4 Å². The van der Waals surface area contributed by atoms with E-state index in [0.717, 1.165) is 0 Å². The molecule has 0 aliphatic rings. The van der Waals surface area contributed by atoms with Crippen molar-refractivity contribution in [1.82, 2.24) is 10.4 Å². The predicted octanol–water partition coefficient (Wildman–Crippen LogP) is 0.475. The van der Waals surface area contributed by atoms with E-state index < -0.39 is 0 Å². The van der Waals surface area contributed by atoms with Crippen LogP contribution >= 0.6 is 0 Å². The first kappa shape index (κ1) is 9.54. The highest BCUT2D eigenvalue weighted by atomic mass is 16.2. The van der Waals surface area contributed by atoms with Gasteiger partial charge in [-0.05, 0) is 12.1 Å². The second-order valence-electron chi connectivity index (χ2n) is 2.92. The van der Waals surface area contributed by atoms with Crippen molar-refractivity contribution in [3.05, 3.63) is 29.8 Å². The summed E-state index contributed by atoms with van der Waals surface area (Å²) in [5.41, 5.74) is 9.22. The van der Waals surface area contributed by atoms with Gasteiger partial charge in [-0.2, -0.15) is 0 Å². The lowest BCUT2D eigenvalue weighted by molar-refractivity contribution is 0.0858.